The van der Waals surface area contributed by atoms with Crippen LogP contribution in [0.5, 0.6) is 17.2 Å². The SMILES string of the molecule is COc1cc(/C=C(\C(=O)O)c2cc(Cl)ccc2OC)ccc1O. The molecule has 2 N–H and O–H groups in total. The van der Waals surface area contributed by atoms with E-state index in [1.165, 1.54) is 38.5 Å². The maximum absolute atomic E-state index is 11.7. The second-order valence-electron chi connectivity index (χ2n) is 4.64. The molecule has 2 aromatic carbocycles. The van der Waals surface area contributed by atoms with Crippen molar-refractivity contribution in [3.05, 3.63) is 52.5 Å². The Morgan fingerprint density at radius 1 is 1.09 bits per heavy atom. The van der Waals surface area contributed by atoms with Gasteiger partial charge in [-0.2, -0.15) is 0 Å². The van der Waals surface area contributed by atoms with E-state index in [1.807, 2.05) is 0 Å². The molecule has 0 aliphatic rings. The average Bonchev–Trinajstić information content (AvgIpc) is 2.53. The number of carbonyl (C=O) groups is 1. The topological polar surface area (TPSA) is 76.0 Å². The van der Waals surface area contributed by atoms with E-state index in [0.29, 0.717) is 21.9 Å². The van der Waals surface area contributed by atoms with Crippen molar-refractivity contribution in [2.24, 2.45) is 0 Å². The van der Waals surface area contributed by atoms with Gasteiger partial charge in [0.15, 0.2) is 11.5 Å². The zero-order valence-electron chi connectivity index (χ0n) is 12.5. The summed E-state index contributed by atoms with van der Waals surface area (Å²) < 4.78 is 10.2. The Kier molecular flexibility index (Phi) is 5.13. The number of hydrogen-bond acceptors (Lipinski definition) is 4. The molecule has 120 valence electrons. The summed E-state index contributed by atoms with van der Waals surface area (Å²) in [7, 11) is 2.87. The minimum absolute atomic E-state index is 0.0112. The summed E-state index contributed by atoms with van der Waals surface area (Å²) in [5, 5.41) is 19.5. The van der Waals surface area contributed by atoms with Crippen LogP contribution in [0.3, 0.4) is 0 Å². The van der Waals surface area contributed by atoms with Gasteiger partial charge in [-0.05, 0) is 42.0 Å². The van der Waals surface area contributed by atoms with Crippen LogP contribution in [0, 0.1) is 0 Å². The number of halogens is 1. The molecule has 0 amide bonds. The molecule has 0 fully saturated rings. The van der Waals surface area contributed by atoms with Gasteiger partial charge in [0.25, 0.3) is 0 Å². The molecule has 2 rings (SSSR count). The van der Waals surface area contributed by atoms with Gasteiger partial charge in [-0.15, -0.1) is 0 Å². The van der Waals surface area contributed by atoms with Crippen LogP contribution < -0.4 is 9.47 Å². The fourth-order valence-electron chi connectivity index (χ4n) is 2.10. The minimum atomic E-state index is -1.13. The highest BCUT2D eigenvalue weighted by atomic mass is 35.5. The molecule has 23 heavy (non-hydrogen) atoms. The summed E-state index contributed by atoms with van der Waals surface area (Å²) in [5.74, 6) is -0.505. The van der Waals surface area contributed by atoms with Crippen molar-refractivity contribution in [2.45, 2.75) is 0 Å². The lowest BCUT2D eigenvalue weighted by Gasteiger charge is -2.10. The second-order valence-corrected chi connectivity index (χ2v) is 5.08. The number of hydrogen-bond donors (Lipinski definition) is 2. The Morgan fingerprint density at radius 3 is 2.39 bits per heavy atom. The van der Waals surface area contributed by atoms with Crippen LogP contribution in [0.4, 0.5) is 0 Å². The lowest BCUT2D eigenvalue weighted by atomic mass is 10.0. The fourth-order valence-corrected chi connectivity index (χ4v) is 2.27. The van der Waals surface area contributed by atoms with Crippen LogP contribution in [0.2, 0.25) is 5.02 Å². The molecule has 0 heterocycles. The normalized spacial score (nSPS) is 11.2. The van der Waals surface area contributed by atoms with Crippen LogP contribution in [0.15, 0.2) is 36.4 Å². The highest BCUT2D eigenvalue weighted by Gasteiger charge is 2.16. The lowest BCUT2D eigenvalue weighted by molar-refractivity contribution is -0.130. The number of methoxy groups -OCH3 is 2. The number of aliphatic carboxylic acids is 1. The van der Waals surface area contributed by atoms with Gasteiger partial charge < -0.3 is 19.7 Å². The highest BCUT2D eigenvalue weighted by Crippen LogP contribution is 2.32. The fraction of sp³-hybridized carbons (Fsp3) is 0.118. The molecule has 5 nitrogen and oxygen atoms in total. The maximum Gasteiger partial charge on any atom is 0.336 e. The largest absolute Gasteiger partial charge is 0.504 e. The van der Waals surface area contributed by atoms with Crippen molar-refractivity contribution < 1.29 is 24.5 Å². The Morgan fingerprint density at radius 2 is 1.78 bits per heavy atom. The number of carboxylic acids is 1. The monoisotopic (exact) mass is 334 g/mol. The quantitative estimate of drug-likeness (QED) is 0.644. The first-order valence-electron chi connectivity index (χ1n) is 6.62. The van der Waals surface area contributed by atoms with Crippen LogP contribution in [0.1, 0.15) is 11.1 Å². The molecule has 0 aliphatic carbocycles. The number of benzene rings is 2. The molecule has 0 aromatic heterocycles. The van der Waals surface area contributed by atoms with E-state index >= 15 is 0 Å². The number of carboxylic acid groups (broad SMARTS) is 1. The van der Waals surface area contributed by atoms with Crippen molar-refractivity contribution in [3.63, 3.8) is 0 Å². The molecular formula is C17H15ClO5. The predicted octanol–water partition coefficient (Wildman–Crippen LogP) is 3.69. The zero-order chi connectivity index (χ0) is 17.0. The summed E-state index contributed by atoms with van der Waals surface area (Å²) >= 11 is 5.97. The Bertz CT molecular complexity index is 768. The van der Waals surface area contributed by atoms with Crippen molar-refractivity contribution in [1.82, 2.24) is 0 Å². The highest BCUT2D eigenvalue weighted by molar-refractivity contribution is 6.31. The Hall–Kier alpha value is -2.66. The molecule has 0 saturated carbocycles. The number of aromatic hydroxyl groups is 1. The standard InChI is InChI=1S/C17H15ClO5/c1-22-15-6-4-11(18)9-12(15)13(17(20)21)7-10-3-5-14(19)16(8-10)23-2/h3-9,19H,1-2H3,(H,20,21)/b13-7-. The van der Waals surface area contributed by atoms with E-state index in [4.69, 9.17) is 21.1 Å². The molecule has 0 spiro atoms. The summed E-state index contributed by atoms with van der Waals surface area (Å²) in [6, 6.07) is 9.29. The first-order chi connectivity index (χ1) is 11.0. The lowest BCUT2D eigenvalue weighted by Crippen LogP contribution is -2.02. The first kappa shape index (κ1) is 16.7. The second kappa shape index (κ2) is 7.07. The van der Waals surface area contributed by atoms with E-state index in [9.17, 15) is 15.0 Å². The summed E-state index contributed by atoms with van der Waals surface area (Å²) in [5.41, 5.74) is 0.927. The summed E-state index contributed by atoms with van der Waals surface area (Å²) in [4.78, 5) is 11.7. The van der Waals surface area contributed by atoms with Crippen LogP contribution in [-0.4, -0.2) is 30.4 Å². The molecule has 6 heteroatoms. The smallest absolute Gasteiger partial charge is 0.336 e. The van der Waals surface area contributed by atoms with Gasteiger partial charge in [-0.25, -0.2) is 4.79 Å². The molecular weight excluding hydrogens is 320 g/mol. The molecule has 0 unspecified atom stereocenters. The third kappa shape index (κ3) is 3.76. The van der Waals surface area contributed by atoms with E-state index in [0.717, 1.165) is 0 Å². The molecule has 0 aliphatic heterocycles. The number of rotatable bonds is 5. The maximum atomic E-state index is 11.7. The average molecular weight is 335 g/mol. The predicted molar refractivity (Wildman–Crippen MR) is 88.2 cm³/mol. The van der Waals surface area contributed by atoms with E-state index in [-0.39, 0.29) is 17.1 Å². The van der Waals surface area contributed by atoms with Gasteiger partial charge >= 0.3 is 5.97 Å². The number of phenols is 1. The van der Waals surface area contributed by atoms with Crippen molar-refractivity contribution in [3.8, 4) is 17.2 Å². The van der Waals surface area contributed by atoms with Crippen LogP contribution in [0.25, 0.3) is 11.6 Å². The first-order valence-corrected chi connectivity index (χ1v) is 7.00. The third-order valence-corrected chi connectivity index (χ3v) is 3.43. The number of phenolic OH excluding ortho intramolecular Hbond substituents is 1. The summed E-state index contributed by atoms with van der Waals surface area (Å²) in [6.07, 6.45) is 1.46. The van der Waals surface area contributed by atoms with Crippen molar-refractivity contribution in [2.75, 3.05) is 14.2 Å². The number of ether oxygens (including phenoxy) is 2. The molecule has 0 bridgehead atoms. The van der Waals surface area contributed by atoms with E-state index in [2.05, 4.69) is 0 Å². The molecule has 2 aromatic rings. The minimum Gasteiger partial charge on any atom is -0.504 e. The third-order valence-electron chi connectivity index (χ3n) is 3.20. The van der Waals surface area contributed by atoms with Gasteiger partial charge in [0, 0.05) is 10.6 Å². The molecule has 0 radical (unpaired) electrons. The van der Waals surface area contributed by atoms with Gasteiger partial charge in [-0.3, -0.25) is 0 Å². The Labute approximate surface area is 138 Å². The van der Waals surface area contributed by atoms with E-state index in [1.54, 1.807) is 18.2 Å². The van der Waals surface area contributed by atoms with Gasteiger partial charge in [0.2, 0.25) is 0 Å². The molecule has 0 saturated heterocycles. The van der Waals surface area contributed by atoms with Gasteiger partial charge in [0.1, 0.15) is 5.75 Å². The summed E-state index contributed by atoms with van der Waals surface area (Å²) in [6.45, 7) is 0. The van der Waals surface area contributed by atoms with Crippen LogP contribution in [-0.2, 0) is 4.79 Å². The Balaban J connectivity index is 2.59. The van der Waals surface area contributed by atoms with Gasteiger partial charge in [-0.1, -0.05) is 17.7 Å². The van der Waals surface area contributed by atoms with Crippen molar-refractivity contribution in [1.29, 1.82) is 0 Å². The van der Waals surface area contributed by atoms with Crippen LogP contribution >= 0.6 is 11.6 Å². The zero-order valence-corrected chi connectivity index (χ0v) is 13.3. The van der Waals surface area contributed by atoms with E-state index < -0.39 is 5.97 Å². The van der Waals surface area contributed by atoms with Gasteiger partial charge in [0.05, 0.1) is 19.8 Å². The molecule has 0 atom stereocenters. The van der Waals surface area contributed by atoms with Crippen molar-refractivity contribution >= 4 is 29.2 Å².